The second-order valence-electron chi connectivity index (χ2n) is 4.02. The predicted molar refractivity (Wildman–Crippen MR) is 83.1 cm³/mol. The summed E-state index contributed by atoms with van der Waals surface area (Å²) in [5, 5.41) is 0. The molecule has 0 fully saturated rings. The molecule has 106 valence electrons. The second kappa shape index (κ2) is 7.40. The van der Waals surface area contributed by atoms with Gasteiger partial charge in [-0.1, -0.05) is 6.92 Å². The molecular formula is C14H15FN2OS2. The number of nitrogens with zero attached hydrogens (tertiary/aromatic N) is 1. The molecule has 0 aliphatic heterocycles. The fourth-order valence-electron chi connectivity index (χ4n) is 1.67. The molecule has 0 aliphatic rings. The van der Waals surface area contributed by atoms with Crippen LogP contribution in [0.5, 0.6) is 5.75 Å². The van der Waals surface area contributed by atoms with E-state index in [1.165, 1.54) is 11.9 Å². The quantitative estimate of drug-likeness (QED) is 0.779. The highest BCUT2D eigenvalue weighted by Gasteiger charge is 2.04. The third-order valence-electron chi connectivity index (χ3n) is 2.73. The monoisotopic (exact) mass is 310 g/mol. The third kappa shape index (κ3) is 3.80. The molecule has 20 heavy (non-hydrogen) atoms. The normalized spacial score (nSPS) is 10.3. The topological polar surface area (TPSA) is 34.2 Å². The number of benzene rings is 1. The van der Waals surface area contributed by atoms with Gasteiger partial charge in [-0.2, -0.15) is 3.89 Å². The molecule has 1 aromatic heterocycles. The Morgan fingerprint density at radius 3 is 2.85 bits per heavy atom. The van der Waals surface area contributed by atoms with Gasteiger partial charge in [0, 0.05) is 15.9 Å². The van der Waals surface area contributed by atoms with Gasteiger partial charge < -0.3 is 9.46 Å². The van der Waals surface area contributed by atoms with Crippen LogP contribution in [0.3, 0.4) is 0 Å². The number of methoxy groups -OCH3 is 1. The summed E-state index contributed by atoms with van der Waals surface area (Å²) in [7, 11) is 1.61. The van der Waals surface area contributed by atoms with Gasteiger partial charge in [0.05, 0.1) is 37.3 Å². The molecule has 0 unspecified atom stereocenters. The molecule has 0 saturated carbocycles. The van der Waals surface area contributed by atoms with E-state index in [-0.39, 0.29) is 0 Å². The van der Waals surface area contributed by atoms with Gasteiger partial charge in [0.2, 0.25) is 0 Å². The van der Waals surface area contributed by atoms with Gasteiger partial charge in [-0.3, -0.25) is 4.98 Å². The molecule has 1 heterocycles. The lowest BCUT2D eigenvalue weighted by Crippen LogP contribution is -1.91. The first kappa shape index (κ1) is 15.0. The maximum Gasteiger partial charge on any atom is 0.139 e. The van der Waals surface area contributed by atoms with E-state index in [2.05, 4.69) is 9.71 Å². The highest BCUT2D eigenvalue weighted by atomic mass is 32.2. The van der Waals surface area contributed by atoms with Crippen molar-refractivity contribution < 1.29 is 8.62 Å². The van der Waals surface area contributed by atoms with Gasteiger partial charge >= 0.3 is 0 Å². The van der Waals surface area contributed by atoms with Crippen LogP contribution < -0.4 is 9.46 Å². The van der Waals surface area contributed by atoms with E-state index in [4.69, 9.17) is 4.74 Å². The SMILES string of the molecule is CCc1cc(SNc2cncc(OC)c2)ccc1SF. The first-order valence-electron chi connectivity index (χ1n) is 6.10. The Morgan fingerprint density at radius 1 is 1.30 bits per heavy atom. The van der Waals surface area contributed by atoms with Crippen LogP contribution in [0, 0.1) is 0 Å². The van der Waals surface area contributed by atoms with Crippen molar-refractivity contribution in [2.75, 3.05) is 11.8 Å². The van der Waals surface area contributed by atoms with Crippen LogP contribution in [0.1, 0.15) is 12.5 Å². The van der Waals surface area contributed by atoms with E-state index in [1.54, 1.807) is 25.6 Å². The Balaban J connectivity index is 2.06. The van der Waals surface area contributed by atoms with E-state index in [9.17, 15) is 3.89 Å². The Morgan fingerprint density at radius 2 is 2.15 bits per heavy atom. The van der Waals surface area contributed by atoms with E-state index in [1.807, 2.05) is 25.1 Å². The fraction of sp³-hybridized carbons (Fsp3) is 0.214. The highest BCUT2D eigenvalue weighted by Crippen LogP contribution is 2.29. The molecule has 0 aliphatic carbocycles. The minimum absolute atomic E-state index is 0.292. The number of hydrogen-bond acceptors (Lipinski definition) is 5. The Bertz CT molecular complexity index is 581. The average molecular weight is 310 g/mol. The predicted octanol–water partition coefficient (Wildman–Crippen LogP) is 4.75. The third-order valence-corrected chi connectivity index (χ3v) is 4.12. The number of aryl methyl sites for hydroxylation is 1. The first-order valence-corrected chi connectivity index (χ1v) is 7.63. The fourth-order valence-corrected chi connectivity index (χ4v) is 2.78. The summed E-state index contributed by atoms with van der Waals surface area (Å²) in [6.07, 6.45) is 4.18. The first-order chi connectivity index (χ1) is 9.76. The van der Waals surface area contributed by atoms with Gasteiger partial charge in [-0.15, -0.1) is 0 Å². The molecule has 0 spiro atoms. The van der Waals surface area contributed by atoms with Crippen LogP contribution >= 0.6 is 24.1 Å². The van der Waals surface area contributed by atoms with Crippen LogP contribution in [0.4, 0.5) is 9.57 Å². The summed E-state index contributed by atoms with van der Waals surface area (Å²) in [6, 6.07) is 7.56. The molecule has 6 heteroatoms. The summed E-state index contributed by atoms with van der Waals surface area (Å²) in [5.41, 5.74) is 1.87. The number of anilines is 1. The molecule has 0 radical (unpaired) electrons. The molecule has 0 bridgehead atoms. The van der Waals surface area contributed by atoms with Crippen molar-refractivity contribution in [3.05, 3.63) is 42.2 Å². The lowest BCUT2D eigenvalue weighted by Gasteiger charge is -2.09. The lowest BCUT2D eigenvalue weighted by atomic mass is 10.2. The zero-order valence-electron chi connectivity index (χ0n) is 11.2. The maximum atomic E-state index is 12.7. The molecule has 2 rings (SSSR count). The number of ether oxygens (including phenoxy) is 1. The van der Waals surface area contributed by atoms with E-state index < -0.39 is 0 Å². The van der Waals surface area contributed by atoms with Crippen molar-refractivity contribution >= 4 is 29.8 Å². The molecule has 1 N–H and O–H groups in total. The molecule has 3 nitrogen and oxygen atoms in total. The Kier molecular flexibility index (Phi) is 5.55. The van der Waals surface area contributed by atoms with Crippen LogP contribution in [-0.4, -0.2) is 12.1 Å². The lowest BCUT2D eigenvalue weighted by molar-refractivity contribution is 0.413. The van der Waals surface area contributed by atoms with Crippen molar-refractivity contribution in [1.29, 1.82) is 0 Å². The van der Waals surface area contributed by atoms with Crippen LogP contribution in [0.25, 0.3) is 0 Å². The van der Waals surface area contributed by atoms with Gasteiger partial charge in [0.1, 0.15) is 5.75 Å². The molecule has 2 aromatic rings. The number of nitrogens with one attached hydrogen (secondary N) is 1. The minimum atomic E-state index is 0.292. The number of halogens is 1. The van der Waals surface area contributed by atoms with Crippen LogP contribution in [0.2, 0.25) is 0 Å². The zero-order valence-corrected chi connectivity index (χ0v) is 12.9. The average Bonchev–Trinajstić information content (AvgIpc) is 2.52. The van der Waals surface area contributed by atoms with Gasteiger partial charge in [-0.25, -0.2) is 0 Å². The van der Waals surface area contributed by atoms with Crippen LogP contribution in [-0.2, 0) is 6.42 Å². The van der Waals surface area contributed by atoms with Crippen molar-refractivity contribution in [1.82, 2.24) is 4.98 Å². The summed E-state index contributed by atoms with van der Waals surface area (Å²) < 4.78 is 21.0. The van der Waals surface area contributed by atoms with E-state index in [0.29, 0.717) is 22.8 Å². The van der Waals surface area contributed by atoms with Crippen molar-refractivity contribution in [2.24, 2.45) is 0 Å². The smallest absolute Gasteiger partial charge is 0.139 e. The molecule has 0 amide bonds. The Labute approximate surface area is 126 Å². The van der Waals surface area contributed by atoms with Crippen molar-refractivity contribution in [3.63, 3.8) is 0 Å². The summed E-state index contributed by atoms with van der Waals surface area (Å²) in [4.78, 5) is 5.79. The van der Waals surface area contributed by atoms with Gasteiger partial charge in [0.15, 0.2) is 0 Å². The molecule has 0 atom stereocenters. The van der Waals surface area contributed by atoms with Gasteiger partial charge in [0.25, 0.3) is 0 Å². The number of aromatic nitrogens is 1. The largest absolute Gasteiger partial charge is 0.495 e. The number of rotatable bonds is 6. The minimum Gasteiger partial charge on any atom is -0.495 e. The van der Waals surface area contributed by atoms with Gasteiger partial charge in [-0.05, 0) is 42.1 Å². The molecular weight excluding hydrogens is 295 g/mol. The standard InChI is InChI=1S/C14H15FN2OS2/c1-3-10-6-13(4-5-14(10)19-15)20-17-11-7-12(18-2)9-16-8-11/h4-9,17H,3H2,1-2H3. The summed E-state index contributed by atoms with van der Waals surface area (Å²) >= 11 is 1.76. The van der Waals surface area contributed by atoms with E-state index >= 15 is 0 Å². The maximum absolute atomic E-state index is 12.7. The van der Waals surface area contributed by atoms with E-state index in [0.717, 1.165) is 22.6 Å². The molecule has 0 saturated heterocycles. The molecule has 1 aromatic carbocycles. The zero-order chi connectivity index (χ0) is 14.4. The highest BCUT2D eigenvalue weighted by molar-refractivity contribution is 8.00. The number of hydrogen-bond donors (Lipinski definition) is 1. The van der Waals surface area contributed by atoms with Crippen molar-refractivity contribution in [2.45, 2.75) is 23.1 Å². The summed E-state index contributed by atoms with van der Waals surface area (Å²) in [6.45, 7) is 2.02. The second-order valence-corrected chi connectivity index (χ2v) is 5.49. The Hall–Kier alpha value is -1.40. The summed E-state index contributed by atoms with van der Waals surface area (Å²) in [5.74, 6) is 0.703. The number of pyridine rings is 1. The van der Waals surface area contributed by atoms with Crippen LogP contribution in [0.15, 0.2) is 46.5 Å². The van der Waals surface area contributed by atoms with Crippen molar-refractivity contribution in [3.8, 4) is 5.75 Å².